The molecular formula is C19H23BrN2O3S. The molecule has 3 rings (SSSR count). The maximum absolute atomic E-state index is 12.9. The van der Waals surface area contributed by atoms with Gasteiger partial charge in [0.2, 0.25) is 10.0 Å². The molecule has 0 saturated carbocycles. The van der Waals surface area contributed by atoms with Gasteiger partial charge in [-0.25, -0.2) is 8.42 Å². The van der Waals surface area contributed by atoms with Crippen molar-refractivity contribution in [1.29, 1.82) is 0 Å². The molecule has 1 saturated heterocycles. The molecule has 1 heterocycles. The van der Waals surface area contributed by atoms with Crippen LogP contribution < -0.4 is 9.64 Å². The quantitative estimate of drug-likeness (QED) is 0.714. The average molecular weight is 439 g/mol. The second-order valence-electron chi connectivity index (χ2n) is 6.20. The van der Waals surface area contributed by atoms with E-state index in [9.17, 15) is 8.42 Å². The van der Waals surface area contributed by atoms with E-state index in [1.54, 1.807) is 22.5 Å². The summed E-state index contributed by atoms with van der Waals surface area (Å²) < 4.78 is 34.0. The van der Waals surface area contributed by atoms with Crippen LogP contribution in [0.25, 0.3) is 0 Å². The fourth-order valence-corrected chi connectivity index (χ4v) is 4.85. The van der Waals surface area contributed by atoms with E-state index in [-0.39, 0.29) is 0 Å². The molecule has 2 aromatic rings. The van der Waals surface area contributed by atoms with E-state index in [0.717, 1.165) is 21.5 Å². The molecule has 0 spiro atoms. The highest BCUT2D eigenvalue weighted by molar-refractivity contribution is 9.10. The lowest BCUT2D eigenvalue weighted by Crippen LogP contribution is -2.48. The second-order valence-corrected chi connectivity index (χ2v) is 9.00. The molecular weight excluding hydrogens is 416 g/mol. The van der Waals surface area contributed by atoms with Gasteiger partial charge in [-0.1, -0.05) is 28.1 Å². The first-order chi connectivity index (χ1) is 12.4. The van der Waals surface area contributed by atoms with Crippen molar-refractivity contribution in [2.24, 2.45) is 0 Å². The number of rotatable bonds is 5. The summed E-state index contributed by atoms with van der Waals surface area (Å²) in [6.07, 6.45) is 0. The largest absolute Gasteiger partial charge is 0.492 e. The van der Waals surface area contributed by atoms with Gasteiger partial charge in [-0.2, -0.15) is 4.31 Å². The molecule has 26 heavy (non-hydrogen) atoms. The van der Waals surface area contributed by atoms with Crippen LogP contribution in [0.4, 0.5) is 5.69 Å². The summed E-state index contributed by atoms with van der Waals surface area (Å²) in [4.78, 5) is 2.53. The number of benzene rings is 2. The average Bonchev–Trinajstić information content (AvgIpc) is 2.65. The molecule has 0 aliphatic carbocycles. The maximum atomic E-state index is 12.9. The standard InChI is InChI=1S/C19H23BrN2O3S/c1-3-25-19-7-5-4-6-18(19)21-10-12-22(13-11-21)26(23,24)16-8-9-17(20)15(2)14-16/h4-9,14H,3,10-13H2,1-2H3. The third kappa shape index (κ3) is 3.89. The topological polar surface area (TPSA) is 49.9 Å². The highest BCUT2D eigenvalue weighted by Gasteiger charge is 2.29. The molecule has 2 aromatic carbocycles. The number of hydrogen-bond acceptors (Lipinski definition) is 4. The Morgan fingerprint density at radius 2 is 1.77 bits per heavy atom. The molecule has 1 fully saturated rings. The van der Waals surface area contributed by atoms with Gasteiger partial charge in [-0.15, -0.1) is 0 Å². The Morgan fingerprint density at radius 1 is 1.08 bits per heavy atom. The fraction of sp³-hybridized carbons (Fsp3) is 0.368. The number of anilines is 1. The van der Waals surface area contributed by atoms with Crippen molar-refractivity contribution in [2.75, 3.05) is 37.7 Å². The molecule has 0 N–H and O–H groups in total. The summed E-state index contributed by atoms with van der Waals surface area (Å²) in [6.45, 7) is 6.65. The van der Waals surface area contributed by atoms with Gasteiger partial charge in [-0.3, -0.25) is 0 Å². The number of ether oxygens (including phenoxy) is 1. The van der Waals surface area contributed by atoms with Gasteiger partial charge in [0.25, 0.3) is 0 Å². The van der Waals surface area contributed by atoms with Crippen LogP contribution in [0, 0.1) is 6.92 Å². The maximum Gasteiger partial charge on any atom is 0.243 e. The lowest BCUT2D eigenvalue weighted by atomic mass is 10.2. The van der Waals surface area contributed by atoms with E-state index >= 15 is 0 Å². The lowest BCUT2D eigenvalue weighted by Gasteiger charge is -2.36. The highest BCUT2D eigenvalue weighted by Crippen LogP contribution is 2.30. The Labute approximate surface area is 163 Å². The Bertz CT molecular complexity index is 878. The zero-order chi connectivity index (χ0) is 18.7. The summed E-state index contributed by atoms with van der Waals surface area (Å²) in [6, 6.07) is 13.1. The fourth-order valence-electron chi connectivity index (χ4n) is 3.09. The van der Waals surface area contributed by atoms with Gasteiger partial charge in [0, 0.05) is 30.7 Å². The molecule has 0 radical (unpaired) electrons. The van der Waals surface area contributed by atoms with Crippen molar-refractivity contribution in [2.45, 2.75) is 18.7 Å². The number of sulfonamides is 1. The number of piperazine rings is 1. The molecule has 0 atom stereocenters. The van der Waals surface area contributed by atoms with E-state index in [2.05, 4.69) is 20.8 Å². The van der Waals surface area contributed by atoms with E-state index in [0.29, 0.717) is 37.7 Å². The van der Waals surface area contributed by atoms with E-state index < -0.39 is 10.0 Å². The number of nitrogens with zero attached hydrogens (tertiary/aromatic N) is 2. The Balaban J connectivity index is 1.75. The molecule has 0 bridgehead atoms. The first-order valence-corrected chi connectivity index (χ1v) is 10.9. The summed E-state index contributed by atoms with van der Waals surface area (Å²) in [7, 11) is -3.47. The van der Waals surface area contributed by atoms with Gasteiger partial charge in [0.05, 0.1) is 17.2 Å². The van der Waals surface area contributed by atoms with Crippen LogP contribution in [0.1, 0.15) is 12.5 Å². The first-order valence-electron chi connectivity index (χ1n) is 8.66. The summed E-state index contributed by atoms with van der Waals surface area (Å²) >= 11 is 3.42. The van der Waals surface area contributed by atoms with Crippen LogP contribution in [0.15, 0.2) is 51.8 Å². The molecule has 0 aromatic heterocycles. The Kier molecular flexibility index (Phi) is 5.89. The minimum atomic E-state index is -3.47. The molecule has 1 aliphatic heterocycles. The summed E-state index contributed by atoms with van der Waals surface area (Å²) in [5.74, 6) is 0.842. The van der Waals surface area contributed by atoms with Crippen LogP contribution in [0.3, 0.4) is 0 Å². The monoisotopic (exact) mass is 438 g/mol. The smallest absolute Gasteiger partial charge is 0.243 e. The van der Waals surface area contributed by atoms with Crippen LogP contribution in [0.2, 0.25) is 0 Å². The van der Waals surface area contributed by atoms with E-state index in [1.165, 1.54) is 0 Å². The highest BCUT2D eigenvalue weighted by atomic mass is 79.9. The number of aryl methyl sites for hydroxylation is 1. The summed E-state index contributed by atoms with van der Waals surface area (Å²) in [5, 5.41) is 0. The SMILES string of the molecule is CCOc1ccccc1N1CCN(S(=O)(=O)c2ccc(Br)c(C)c2)CC1. The molecule has 1 aliphatic rings. The van der Waals surface area contributed by atoms with Crippen molar-refractivity contribution < 1.29 is 13.2 Å². The molecule has 0 unspecified atom stereocenters. The lowest BCUT2D eigenvalue weighted by molar-refractivity contribution is 0.337. The van der Waals surface area contributed by atoms with Crippen molar-refractivity contribution in [1.82, 2.24) is 4.31 Å². The van der Waals surface area contributed by atoms with E-state index in [1.807, 2.05) is 38.1 Å². The summed E-state index contributed by atoms with van der Waals surface area (Å²) in [5.41, 5.74) is 1.93. The first kappa shape index (κ1) is 19.2. The van der Waals surface area contributed by atoms with Crippen LogP contribution >= 0.6 is 15.9 Å². The van der Waals surface area contributed by atoms with Crippen molar-refractivity contribution in [3.63, 3.8) is 0 Å². The minimum Gasteiger partial charge on any atom is -0.492 e. The van der Waals surface area contributed by atoms with Crippen LogP contribution in [0.5, 0.6) is 5.75 Å². The Morgan fingerprint density at radius 3 is 2.42 bits per heavy atom. The Hall–Kier alpha value is -1.57. The zero-order valence-electron chi connectivity index (χ0n) is 15.0. The zero-order valence-corrected chi connectivity index (χ0v) is 17.4. The minimum absolute atomic E-state index is 0.348. The molecule has 0 amide bonds. The van der Waals surface area contributed by atoms with Crippen molar-refractivity contribution in [3.05, 3.63) is 52.5 Å². The molecule has 7 heteroatoms. The van der Waals surface area contributed by atoms with Crippen molar-refractivity contribution in [3.8, 4) is 5.75 Å². The number of halogens is 1. The van der Waals surface area contributed by atoms with Gasteiger partial charge in [-0.05, 0) is 49.7 Å². The van der Waals surface area contributed by atoms with E-state index in [4.69, 9.17) is 4.74 Å². The normalized spacial score (nSPS) is 15.9. The van der Waals surface area contributed by atoms with Gasteiger partial charge < -0.3 is 9.64 Å². The van der Waals surface area contributed by atoms with Crippen LogP contribution in [-0.4, -0.2) is 45.5 Å². The molecule has 5 nitrogen and oxygen atoms in total. The van der Waals surface area contributed by atoms with Gasteiger partial charge in [0.15, 0.2) is 0 Å². The van der Waals surface area contributed by atoms with Gasteiger partial charge >= 0.3 is 0 Å². The van der Waals surface area contributed by atoms with Crippen LogP contribution in [-0.2, 0) is 10.0 Å². The predicted octanol–water partition coefficient (Wildman–Crippen LogP) is 3.67. The van der Waals surface area contributed by atoms with Crippen molar-refractivity contribution >= 4 is 31.6 Å². The predicted molar refractivity (Wildman–Crippen MR) is 107 cm³/mol. The molecule has 140 valence electrons. The number of hydrogen-bond donors (Lipinski definition) is 0. The number of para-hydroxylation sites is 2. The third-order valence-corrected chi connectivity index (χ3v) is 7.30. The third-order valence-electron chi connectivity index (χ3n) is 4.51. The second kappa shape index (κ2) is 7.98. The van der Waals surface area contributed by atoms with Gasteiger partial charge in [0.1, 0.15) is 5.75 Å².